The van der Waals surface area contributed by atoms with Crippen LogP contribution in [0.25, 0.3) is 0 Å². The predicted octanol–water partition coefficient (Wildman–Crippen LogP) is -1.42. The molecule has 0 aromatic carbocycles. The van der Waals surface area contributed by atoms with Crippen LogP contribution in [-0.4, -0.2) is 64.2 Å². The van der Waals surface area contributed by atoms with Crippen LogP contribution in [0.2, 0.25) is 0 Å². The summed E-state index contributed by atoms with van der Waals surface area (Å²) in [5.74, 6) is -0.486. The van der Waals surface area contributed by atoms with E-state index >= 15 is 0 Å². The maximum absolute atomic E-state index is 11.6. The number of nitrogens with two attached hydrogens (primary N) is 1. The van der Waals surface area contributed by atoms with Gasteiger partial charge in [0.05, 0.1) is 18.4 Å². The molecule has 0 saturated carbocycles. The Labute approximate surface area is 126 Å². The fourth-order valence-corrected chi connectivity index (χ4v) is 2.16. The molecule has 1 atom stereocenters. The number of nitrogens with zero attached hydrogens (tertiary/aromatic N) is 4. The van der Waals surface area contributed by atoms with Gasteiger partial charge in [-0.15, -0.1) is 5.10 Å². The fourth-order valence-electron chi connectivity index (χ4n) is 1.34. The number of nitrogens with one attached hydrogen (secondary N) is 2. The first-order chi connectivity index (χ1) is 10.0. The molecule has 1 rings (SSSR count). The highest BCUT2D eigenvalue weighted by Gasteiger charge is 2.19. The molecule has 0 saturated heterocycles. The van der Waals surface area contributed by atoms with E-state index in [9.17, 15) is 9.59 Å². The summed E-state index contributed by atoms with van der Waals surface area (Å²) in [5.41, 5.74) is 4.90. The van der Waals surface area contributed by atoms with Gasteiger partial charge in [0.25, 0.3) is 0 Å². The molecule has 10 nitrogen and oxygen atoms in total. The van der Waals surface area contributed by atoms with Crippen molar-refractivity contribution in [2.75, 3.05) is 26.8 Å². The Kier molecular flexibility index (Phi) is 7.64. The van der Waals surface area contributed by atoms with Crippen LogP contribution < -0.4 is 16.4 Å². The Morgan fingerprint density at radius 3 is 2.90 bits per heavy atom. The standard InChI is InChI=1S/C10H19N7O3S/c1-7(8(18)13-9(11)19)21-10-14-15-16-17(10)5-3-12-4-6-20-2/h7,12H,3-6H2,1-2H3,(H3,11,13,18,19). The van der Waals surface area contributed by atoms with Gasteiger partial charge in [-0.05, 0) is 17.4 Å². The third-order valence-electron chi connectivity index (χ3n) is 2.38. The number of imide groups is 1. The molecule has 0 fully saturated rings. The lowest BCUT2D eigenvalue weighted by Gasteiger charge is -2.10. The molecular formula is C10H19N7O3S. The predicted molar refractivity (Wildman–Crippen MR) is 75.6 cm³/mol. The quantitative estimate of drug-likeness (QED) is 0.373. The summed E-state index contributed by atoms with van der Waals surface area (Å²) >= 11 is 1.15. The molecule has 1 aromatic heterocycles. The highest BCUT2D eigenvalue weighted by Crippen LogP contribution is 2.19. The molecule has 1 unspecified atom stereocenters. The van der Waals surface area contributed by atoms with Crippen molar-refractivity contribution in [3.63, 3.8) is 0 Å². The van der Waals surface area contributed by atoms with E-state index in [2.05, 4.69) is 20.8 Å². The van der Waals surface area contributed by atoms with Crippen LogP contribution in [0, 0.1) is 0 Å². The van der Waals surface area contributed by atoms with Crippen molar-refractivity contribution >= 4 is 23.7 Å². The van der Waals surface area contributed by atoms with Gasteiger partial charge in [-0.3, -0.25) is 10.1 Å². The lowest BCUT2D eigenvalue weighted by Crippen LogP contribution is -2.39. The third-order valence-corrected chi connectivity index (χ3v) is 3.45. The fraction of sp³-hybridized carbons (Fsp3) is 0.700. The first-order valence-electron chi connectivity index (χ1n) is 6.27. The molecule has 0 radical (unpaired) electrons. The number of tetrazole rings is 1. The van der Waals surface area contributed by atoms with Crippen LogP contribution in [0.5, 0.6) is 0 Å². The number of thioether (sulfide) groups is 1. The summed E-state index contributed by atoms with van der Waals surface area (Å²) in [6, 6.07) is -0.880. The zero-order chi connectivity index (χ0) is 15.7. The molecule has 3 amide bonds. The Bertz CT molecular complexity index is 467. The number of primary amides is 1. The number of ether oxygens (including phenoxy) is 1. The number of amides is 3. The van der Waals surface area contributed by atoms with E-state index in [1.54, 1.807) is 18.7 Å². The number of hydrogen-bond acceptors (Lipinski definition) is 8. The molecule has 4 N–H and O–H groups in total. The topological polar surface area (TPSA) is 137 Å². The van der Waals surface area contributed by atoms with Crippen molar-refractivity contribution in [1.29, 1.82) is 0 Å². The molecule has 1 aromatic rings. The van der Waals surface area contributed by atoms with E-state index in [-0.39, 0.29) is 0 Å². The third kappa shape index (κ3) is 6.51. The van der Waals surface area contributed by atoms with Crippen LogP contribution in [0.15, 0.2) is 5.16 Å². The van der Waals surface area contributed by atoms with Crippen molar-refractivity contribution < 1.29 is 14.3 Å². The second kappa shape index (κ2) is 9.26. The van der Waals surface area contributed by atoms with Gasteiger partial charge in [0.2, 0.25) is 11.1 Å². The average Bonchev–Trinajstić information content (AvgIpc) is 2.85. The van der Waals surface area contributed by atoms with E-state index in [4.69, 9.17) is 10.5 Å². The number of hydrogen-bond donors (Lipinski definition) is 3. The van der Waals surface area contributed by atoms with Crippen molar-refractivity contribution in [3.05, 3.63) is 0 Å². The van der Waals surface area contributed by atoms with E-state index in [0.29, 0.717) is 24.9 Å². The second-order valence-corrected chi connectivity index (χ2v) is 5.35. The Morgan fingerprint density at radius 1 is 1.48 bits per heavy atom. The van der Waals surface area contributed by atoms with Gasteiger partial charge in [-0.2, -0.15) is 0 Å². The molecule has 0 aliphatic heterocycles. The van der Waals surface area contributed by atoms with Crippen LogP contribution in [0.1, 0.15) is 6.92 Å². The van der Waals surface area contributed by atoms with Gasteiger partial charge < -0.3 is 15.8 Å². The highest BCUT2D eigenvalue weighted by molar-refractivity contribution is 8.00. The summed E-state index contributed by atoms with van der Waals surface area (Å²) in [5, 5.41) is 16.4. The normalized spacial score (nSPS) is 12.1. The number of carbonyl (C=O) groups excluding carboxylic acids is 2. The molecule has 0 spiro atoms. The van der Waals surface area contributed by atoms with Gasteiger partial charge >= 0.3 is 6.03 Å². The van der Waals surface area contributed by atoms with Crippen molar-refractivity contribution in [2.45, 2.75) is 23.9 Å². The van der Waals surface area contributed by atoms with E-state index in [1.807, 2.05) is 5.32 Å². The molecule has 11 heteroatoms. The number of rotatable bonds is 9. The van der Waals surface area contributed by atoms with E-state index in [1.165, 1.54) is 0 Å². The average molecular weight is 317 g/mol. The minimum Gasteiger partial charge on any atom is -0.383 e. The van der Waals surface area contributed by atoms with Crippen molar-refractivity contribution in [1.82, 2.24) is 30.8 Å². The summed E-state index contributed by atoms with van der Waals surface area (Å²) < 4.78 is 6.50. The molecule has 0 aliphatic carbocycles. The highest BCUT2D eigenvalue weighted by atomic mass is 32.2. The Hall–Kier alpha value is -1.72. The monoisotopic (exact) mass is 317 g/mol. The van der Waals surface area contributed by atoms with Gasteiger partial charge in [0, 0.05) is 20.2 Å². The number of aromatic nitrogens is 4. The summed E-state index contributed by atoms with van der Waals surface area (Å²) in [6.07, 6.45) is 0. The maximum atomic E-state index is 11.6. The van der Waals surface area contributed by atoms with Crippen LogP contribution in [-0.2, 0) is 16.1 Å². The molecule has 118 valence electrons. The molecule has 21 heavy (non-hydrogen) atoms. The Balaban J connectivity index is 2.43. The summed E-state index contributed by atoms with van der Waals surface area (Å²) in [7, 11) is 1.64. The molecule has 0 aliphatic rings. The van der Waals surface area contributed by atoms with Gasteiger partial charge in [-0.25, -0.2) is 9.48 Å². The lowest BCUT2D eigenvalue weighted by atomic mass is 10.4. The zero-order valence-electron chi connectivity index (χ0n) is 11.9. The van der Waals surface area contributed by atoms with Gasteiger partial charge in [0.15, 0.2) is 0 Å². The molecule has 1 heterocycles. The number of carbonyl (C=O) groups is 2. The van der Waals surface area contributed by atoms with Crippen LogP contribution in [0.4, 0.5) is 4.79 Å². The van der Waals surface area contributed by atoms with Crippen LogP contribution >= 0.6 is 11.8 Å². The van der Waals surface area contributed by atoms with Crippen molar-refractivity contribution in [2.24, 2.45) is 5.73 Å². The molecular weight excluding hydrogens is 298 g/mol. The maximum Gasteiger partial charge on any atom is 0.318 e. The lowest BCUT2D eigenvalue weighted by molar-refractivity contribution is -0.119. The number of methoxy groups -OCH3 is 1. The van der Waals surface area contributed by atoms with E-state index < -0.39 is 17.2 Å². The van der Waals surface area contributed by atoms with Crippen molar-refractivity contribution in [3.8, 4) is 0 Å². The summed E-state index contributed by atoms with van der Waals surface area (Å²) in [6.45, 7) is 4.23. The zero-order valence-corrected chi connectivity index (χ0v) is 12.7. The second-order valence-electron chi connectivity index (χ2n) is 4.04. The van der Waals surface area contributed by atoms with E-state index in [0.717, 1.165) is 18.3 Å². The SMILES string of the molecule is COCCNCCn1nnnc1SC(C)C(=O)NC(N)=O. The molecule has 0 bridgehead atoms. The number of urea groups is 1. The Morgan fingerprint density at radius 2 is 2.24 bits per heavy atom. The first kappa shape index (κ1) is 17.3. The van der Waals surface area contributed by atoms with Crippen LogP contribution in [0.3, 0.4) is 0 Å². The largest absolute Gasteiger partial charge is 0.383 e. The van der Waals surface area contributed by atoms with Gasteiger partial charge in [-0.1, -0.05) is 11.8 Å². The summed E-state index contributed by atoms with van der Waals surface area (Å²) in [4.78, 5) is 22.2. The minimum atomic E-state index is -0.880. The smallest absolute Gasteiger partial charge is 0.318 e. The minimum absolute atomic E-state index is 0.486. The van der Waals surface area contributed by atoms with Gasteiger partial charge in [0.1, 0.15) is 0 Å². The first-order valence-corrected chi connectivity index (χ1v) is 7.15.